The van der Waals surface area contributed by atoms with Crippen molar-refractivity contribution >= 4 is 11.8 Å². The van der Waals surface area contributed by atoms with Crippen molar-refractivity contribution in [1.29, 1.82) is 0 Å². The summed E-state index contributed by atoms with van der Waals surface area (Å²) in [6.07, 6.45) is 0. The average molecular weight is 184 g/mol. The lowest BCUT2D eigenvalue weighted by atomic mass is 10.2. The Morgan fingerprint density at radius 2 is 2.38 bits per heavy atom. The monoisotopic (exact) mass is 184 g/mol. The first kappa shape index (κ1) is 9.44. The molecule has 0 aliphatic heterocycles. The van der Waals surface area contributed by atoms with Crippen LogP contribution < -0.4 is 5.73 Å². The molecule has 0 unspecified atom stereocenters. The molecule has 2 N–H and O–H groups in total. The molecule has 0 aliphatic carbocycles. The maximum atomic E-state index is 12.5. The van der Waals surface area contributed by atoms with Crippen LogP contribution in [-0.4, -0.2) is 17.6 Å². The summed E-state index contributed by atoms with van der Waals surface area (Å²) in [6.45, 7) is 1.92. The Labute approximate surface area is 74.5 Å². The third kappa shape index (κ3) is 2.14. The predicted octanol–water partition coefficient (Wildman–Crippen LogP) is 0.980. The Morgan fingerprint density at radius 1 is 1.69 bits per heavy atom. The van der Waals surface area contributed by atoms with Crippen molar-refractivity contribution < 1.29 is 13.9 Å². The largest absolute Gasteiger partial charge is 0.462 e. The lowest BCUT2D eigenvalue weighted by molar-refractivity contribution is 0.0527. The van der Waals surface area contributed by atoms with Gasteiger partial charge < -0.3 is 10.5 Å². The first-order chi connectivity index (χ1) is 6.15. The quantitative estimate of drug-likeness (QED) is 0.549. The van der Waals surface area contributed by atoms with Gasteiger partial charge in [-0.3, -0.25) is 0 Å². The van der Waals surface area contributed by atoms with Crippen LogP contribution in [0.4, 0.5) is 10.2 Å². The molecule has 0 fully saturated rings. The minimum atomic E-state index is -0.717. The van der Waals surface area contributed by atoms with Crippen LogP contribution in [0.5, 0.6) is 0 Å². The van der Waals surface area contributed by atoms with Crippen LogP contribution in [0.15, 0.2) is 12.1 Å². The number of nitrogen functional groups attached to an aromatic ring is 1. The van der Waals surface area contributed by atoms with Crippen molar-refractivity contribution in [3.63, 3.8) is 0 Å². The van der Waals surface area contributed by atoms with Gasteiger partial charge >= 0.3 is 5.97 Å². The van der Waals surface area contributed by atoms with E-state index in [0.29, 0.717) is 0 Å². The van der Waals surface area contributed by atoms with Crippen LogP contribution in [0.25, 0.3) is 0 Å². The molecule has 1 heterocycles. The second-order valence-corrected chi connectivity index (χ2v) is 2.29. The number of nitrogens with zero attached hydrogens (tertiary/aromatic N) is 1. The molecule has 4 nitrogen and oxygen atoms in total. The van der Waals surface area contributed by atoms with Gasteiger partial charge in [-0.2, -0.15) is 4.39 Å². The Hall–Kier alpha value is -1.65. The molecule has 1 aromatic heterocycles. The van der Waals surface area contributed by atoms with E-state index >= 15 is 0 Å². The normalized spacial score (nSPS) is 9.69. The van der Waals surface area contributed by atoms with E-state index in [9.17, 15) is 9.18 Å². The summed E-state index contributed by atoms with van der Waals surface area (Å²) in [5, 5.41) is 0. The second kappa shape index (κ2) is 3.84. The number of halogens is 1. The van der Waals surface area contributed by atoms with Gasteiger partial charge in [-0.15, -0.1) is 0 Å². The number of rotatable bonds is 2. The first-order valence-electron chi connectivity index (χ1n) is 3.74. The van der Waals surface area contributed by atoms with Gasteiger partial charge in [0.05, 0.1) is 6.61 Å². The molecule has 70 valence electrons. The molecular formula is C8H9FN2O2. The Kier molecular flexibility index (Phi) is 2.79. The molecule has 13 heavy (non-hydrogen) atoms. The number of carbonyl (C=O) groups excluding carboxylic acids is 1. The number of aromatic nitrogens is 1. The van der Waals surface area contributed by atoms with Crippen LogP contribution in [0.3, 0.4) is 0 Å². The van der Waals surface area contributed by atoms with Gasteiger partial charge in [-0.05, 0) is 19.1 Å². The fourth-order valence-electron chi connectivity index (χ4n) is 0.831. The standard InChI is InChI=1S/C8H9FN2O2/c1-2-13-8(12)5-3-4-6(9)11-7(5)10/h3-4H,2H2,1H3,(H2,10,11). The van der Waals surface area contributed by atoms with E-state index in [1.807, 2.05) is 0 Å². The van der Waals surface area contributed by atoms with Crippen LogP contribution in [0.1, 0.15) is 17.3 Å². The van der Waals surface area contributed by atoms with Gasteiger partial charge in [0.25, 0.3) is 0 Å². The maximum absolute atomic E-state index is 12.5. The summed E-state index contributed by atoms with van der Waals surface area (Å²) in [4.78, 5) is 14.4. The summed E-state index contributed by atoms with van der Waals surface area (Å²) >= 11 is 0. The number of ether oxygens (including phenoxy) is 1. The van der Waals surface area contributed by atoms with Gasteiger partial charge in [0, 0.05) is 0 Å². The minimum Gasteiger partial charge on any atom is -0.462 e. The molecule has 1 rings (SSSR count). The molecule has 0 saturated heterocycles. The van der Waals surface area contributed by atoms with Crippen LogP contribution in [-0.2, 0) is 4.74 Å². The van der Waals surface area contributed by atoms with E-state index in [4.69, 9.17) is 5.73 Å². The van der Waals surface area contributed by atoms with Crippen molar-refractivity contribution in [3.05, 3.63) is 23.6 Å². The Morgan fingerprint density at radius 3 is 2.92 bits per heavy atom. The smallest absolute Gasteiger partial charge is 0.341 e. The van der Waals surface area contributed by atoms with E-state index < -0.39 is 11.9 Å². The van der Waals surface area contributed by atoms with Crippen molar-refractivity contribution in [1.82, 2.24) is 4.98 Å². The molecule has 0 saturated carbocycles. The first-order valence-corrected chi connectivity index (χ1v) is 3.74. The summed E-state index contributed by atoms with van der Waals surface area (Å²) < 4.78 is 17.1. The van der Waals surface area contributed by atoms with Crippen molar-refractivity contribution in [3.8, 4) is 0 Å². The SMILES string of the molecule is CCOC(=O)c1ccc(F)nc1N. The zero-order chi connectivity index (χ0) is 9.84. The van der Waals surface area contributed by atoms with Gasteiger partial charge in [-0.1, -0.05) is 0 Å². The molecule has 0 spiro atoms. The fraction of sp³-hybridized carbons (Fsp3) is 0.250. The Bertz CT molecular complexity index is 328. The van der Waals surface area contributed by atoms with Crippen molar-refractivity contribution in [2.24, 2.45) is 0 Å². The molecule has 5 heteroatoms. The maximum Gasteiger partial charge on any atom is 0.341 e. The van der Waals surface area contributed by atoms with Crippen molar-refractivity contribution in [2.75, 3.05) is 12.3 Å². The summed E-state index contributed by atoms with van der Waals surface area (Å²) in [6, 6.07) is 2.30. The number of carbonyl (C=O) groups is 1. The molecule has 0 aromatic carbocycles. The average Bonchev–Trinajstić information content (AvgIpc) is 2.04. The highest BCUT2D eigenvalue weighted by molar-refractivity contribution is 5.93. The van der Waals surface area contributed by atoms with Crippen LogP contribution >= 0.6 is 0 Å². The zero-order valence-electron chi connectivity index (χ0n) is 7.08. The van der Waals surface area contributed by atoms with E-state index in [-0.39, 0.29) is 18.0 Å². The molecule has 0 radical (unpaired) electrons. The highest BCUT2D eigenvalue weighted by atomic mass is 19.1. The van der Waals surface area contributed by atoms with Gasteiger partial charge in [-0.25, -0.2) is 9.78 Å². The third-order valence-electron chi connectivity index (χ3n) is 1.39. The highest BCUT2D eigenvalue weighted by Crippen LogP contribution is 2.10. The third-order valence-corrected chi connectivity index (χ3v) is 1.39. The van der Waals surface area contributed by atoms with E-state index in [0.717, 1.165) is 6.07 Å². The summed E-state index contributed by atoms with van der Waals surface area (Å²) in [5.41, 5.74) is 5.39. The van der Waals surface area contributed by atoms with Gasteiger partial charge in [0.15, 0.2) is 0 Å². The number of pyridine rings is 1. The Balaban J connectivity index is 2.95. The van der Waals surface area contributed by atoms with Gasteiger partial charge in [0.2, 0.25) is 5.95 Å². The highest BCUT2D eigenvalue weighted by Gasteiger charge is 2.11. The zero-order valence-corrected chi connectivity index (χ0v) is 7.08. The minimum absolute atomic E-state index is 0.0863. The van der Waals surface area contributed by atoms with Gasteiger partial charge in [0.1, 0.15) is 11.4 Å². The topological polar surface area (TPSA) is 65.2 Å². The van der Waals surface area contributed by atoms with Crippen LogP contribution in [0.2, 0.25) is 0 Å². The van der Waals surface area contributed by atoms with Crippen LogP contribution in [0, 0.1) is 5.95 Å². The molecule has 0 aliphatic rings. The van der Waals surface area contributed by atoms with E-state index in [1.54, 1.807) is 6.92 Å². The number of esters is 1. The number of anilines is 1. The van der Waals surface area contributed by atoms with E-state index in [1.165, 1.54) is 6.07 Å². The summed E-state index contributed by atoms with van der Waals surface area (Å²) in [5.74, 6) is -1.46. The number of hydrogen-bond acceptors (Lipinski definition) is 4. The lowest BCUT2D eigenvalue weighted by Gasteiger charge is -2.03. The molecule has 1 aromatic rings. The number of hydrogen-bond donors (Lipinski definition) is 1. The molecule has 0 bridgehead atoms. The van der Waals surface area contributed by atoms with E-state index in [2.05, 4.69) is 9.72 Å². The summed E-state index contributed by atoms with van der Waals surface area (Å²) in [7, 11) is 0. The predicted molar refractivity (Wildman–Crippen MR) is 44.6 cm³/mol. The molecular weight excluding hydrogens is 175 g/mol. The molecule has 0 amide bonds. The second-order valence-electron chi connectivity index (χ2n) is 2.29. The van der Waals surface area contributed by atoms with Crippen molar-refractivity contribution in [2.45, 2.75) is 6.92 Å². The molecule has 0 atom stereocenters. The fourth-order valence-corrected chi connectivity index (χ4v) is 0.831. The lowest BCUT2D eigenvalue weighted by Crippen LogP contribution is -2.09. The number of nitrogens with two attached hydrogens (primary N) is 1.